The quantitative estimate of drug-likeness (QED) is 0.721. The van der Waals surface area contributed by atoms with Crippen LogP contribution in [-0.4, -0.2) is 34.8 Å². The van der Waals surface area contributed by atoms with E-state index < -0.39 is 5.54 Å². The van der Waals surface area contributed by atoms with Crippen molar-refractivity contribution in [1.82, 2.24) is 15.6 Å². The topological polar surface area (TPSA) is 74.2 Å². The zero-order chi connectivity index (χ0) is 15.9. The van der Waals surface area contributed by atoms with Crippen LogP contribution in [0.15, 0.2) is 24.5 Å². The van der Waals surface area contributed by atoms with E-state index in [1.165, 1.54) is 0 Å². The van der Waals surface area contributed by atoms with Crippen LogP contribution < -0.4 is 10.6 Å². The van der Waals surface area contributed by atoms with Gasteiger partial charge in [-0.05, 0) is 31.0 Å². The van der Waals surface area contributed by atoms with Crippen molar-refractivity contribution < 1.29 is 9.90 Å². The lowest BCUT2D eigenvalue weighted by Crippen LogP contribution is -2.54. The minimum absolute atomic E-state index is 0.0675. The van der Waals surface area contributed by atoms with Crippen molar-refractivity contribution in [2.45, 2.75) is 51.5 Å². The molecule has 0 aliphatic heterocycles. The summed E-state index contributed by atoms with van der Waals surface area (Å²) in [5.74, 6) is 0. The summed E-state index contributed by atoms with van der Waals surface area (Å²) in [6.07, 6.45) is 5.15. The summed E-state index contributed by atoms with van der Waals surface area (Å²) in [6, 6.07) is 3.66. The van der Waals surface area contributed by atoms with E-state index in [-0.39, 0.29) is 18.1 Å². The first kappa shape index (κ1) is 17.4. The highest BCUT2D eigenvalue weighted by atomic mass is 16.3. The zero-order valence-electron chi connectivity index (χ0n) is 13.4. The molecular weight excluding hydrogens is 266 g/mol. The fraction of sp³-hybridized carbons (Fsp3) is 0.625. The van der Waals surface area contributed by atoms with Gasteiger partial charge in [-0.25, -0.2) is 4.79 Å². The molecule has 0 saturated carbocycles. The van der Waals surface area contributed by atoms with Gasteiger partial charge < -0.3 is 15.7 Å². The van der Waals surface area contributed by atoms with Crippen LogP contribution >= 0.6 is 0 Å². The second-order valence-electron chi connectivity index (χ2n) is 6.40. The van der Waals surface area contributed by atoms with Crippen molar-refractivity contribution in [2.75, 3.05) is 13.2 Å². The molecule has 1 heterocycles. The smallest absolute Gasteiger partial charge is 0.315 e. The van der Waals surface area contributed by atoms with E-state index in [0.29, 0.717) is 6.54 Å². The third kappa shape index (κ3) is 5.34. The predicted molar refractivity (Wildman–Crippen MR) is 84.2 cm³/mol. The normalized spacial score (nSPS) is 14.3. The highest BCUT2D eigenvalue weighted by molar-refractivity contribution is 5.74. The lowest BCUT2D eigenvalue weighted by atomic mass is 9.85. The Labute approximate surface area is 127 Å². The number of hydrogen-bond acceptors (Lipinski definition) is 3. The number of carbonyl (C=O) groups excluding carboxylic acids is 1. The summed E-state index contributed by atoms with van der Waals surface area (Å²) < 4.78 is 0. The van der Waals surface area contributed by atoms with Gasteiger partial charge in [0, 0.05) is 24.4 Å². The van der Waals surface area contributed by atoms with Gasteiger partial charge in [-0.1, -0.05) is 27.2 Å². The highest BCUT2D eigenvalue weighted by Crippen LogP contribution is 2.21. The standard InChI is InChI=1S/C16H27N3O2/c1-5-8-16(4,12-20)19-14(21)18-11-15(2,3)13-6-9-17-10-7-13/h6-7,9-10,20H,5,8,11-12H2,1-4H3,(H2,18,19,21). The van der Waals surface area contributed by atoms with Crippen LogP contribution in [0.1, 0.15) is 46.1 Å². The number of aliphatic hydroxyl groups excluding tert-OH is 1. The fourth-order valence-corrected chi connectivity index (χ4v) is 2.26. The molecular formula is C16H27N3O2. The number of nitrogens with zero attached hydrogens (tertiary/aromatic N) is 1. The second-order valence-corrected chi connectivity index (χ2v) is 6.40. The Hall–Kier alpha value is -1.62. The number of urea groups is 1. The molecule has 0 aliphatic rings. The van der Waals surface area contributed by atoms with E-state index in [1.807, 2.05) is 26.0 Å². The summed E-state index contributed by atoms with van der Waals surface area (Å²) in [6.45, 7) is 8.46. The summed E-state index contributed by atoms with van der Waals surface area (Å²) in [4.78, 5) is 16.0. The molecule has 0 spiro atoms. The van der Waals surface area contributed by atoms with Crippen molar-refractivity contribution >= 4 is 6.03 Å². The van der Waals surface area contributed by atoms with Crippen molar-refractivity contribution in [3.63, 3.8) is 0 Å². The minimum atomic E-state index is -0.570. The Bertz CT molecular complexity index is 448. The fourth-order valence-electron chi connectivity index (χ4n) is 2.26. The molecule has 1 unspecified atom stereocenters. The van der Waals surface area contributed by atoms with Crippen LogP contribution in [0, 0.1) is 0 Å². The van der Waals surface area contributed by atoms with Crippen molar-refractivity contribution in [3.05, 3.63) is 30.1 Å². The molecule has 118 valence electrons. The molecule has 1 rings (SSSR count). The first-order valence-electron chi connectivity index (χ1n) is 7.40. The van der Waals surface area contributed by atoms with Crippen LogP contribution in [0.3, 0.4) is 0 Å². The number of rotatable bonds is 7. The highest BCUT2D eigenvalue weighted by Gasteiger charge is 2.26. The van der Waals surface area contributed by atoms with Gasteiger partial charge in [0.2, 0.25) is 0 Å². The number of aliphatic hydroxyl groups is 1. The van der Waals surface area contributed by atoms with Crippen molar-refractivity contribution in [3.8, 4) is 0 Å². The predicted octanol–water partition coefficient (Wildman–Crippen LogP) is 2.21. The molecule has 1 aromatic rings. The first-order valence-corrected chi connectivity index (χ1v) is 7.40. The van der Waals surface area contributed by atoms with Gasteiger partial charge in [0.1, 0.15) is 0 Å². The molecule has 0 saturated heterocycles. The van der Waals surface area contributed by atoms with E-state index in [9.17, 15) is 9.90 Å². The van der Waals surface area contributed by atoms with Gasteiger partial charge in [0.15, 0.2) is 0 Å². The van der Waals surface area contributed by atoms with Gasteiger partial charge >= 0.3 is 6.03 Å². The first-order chi connectivity index (χ1) is 9.83. The second kappa shape index (κ2) is 7.41. The molecule has 2 amide bonds. The minimum Gasteiger partial charge on any atom is -0.394 e. The Morgan fingerprint density at radius 2 is 1.90 bits per heavy atom. The molecule has 0 bridgehead atoms. The zero-order valence-corrected chi connectivity index (χ0v) is 13.4. The van der Waals surface area contributed by atoms with E-state index in [0.717, 1.165) is 18.4 Å². The van der Waals surface area contributed by atoms with Crippen LogP contribution in [0.4, 0.5) is 4.79 Å². The SMILES string of the molecule is CCCC(C)(CO)NC(=O)NCC(C)(C)c1ccncc1. The van der Waals surface area contributed by atoms with Crippen LogP contribution in [0.2, 0.25) is 0 Å². The van der Waals surface area contributed by atoms with E-state index >= 15 is 0 Å². The van der Waals surface area contributed by atoms with Crippen LogP contribution in [0.5, 0.6) is 0 Å². The number of nitrogens with one attached hydrogen (secondary N) is 2. The van der Waals surface area contributed by atoms with Crippen LogP contribution in [-0.2, 0) is 5.41 Å². The maximum Gasteiger partial charge on any atom is 0.315 e. The van der Waals surface area contributed by atoms with Gasteiger partial charge in [-0.15, -0.1) is 0 Å². The maximum atomic E-state index is 12.0. The Morgan fingerprint density at radius 1 is 1.29 bits per heavy atom. The monoisotopic (exact) mass is 293 g/mol. The number of pyridine rings is 1. The maximum absolute atomic E-state index is 12.0. The summed E-state index contributed by atoms with van der Waals surface area (Å²) in [5, 5.41) is 15.2. The Morgan fingerprint density at radius 3 is 2.43 bits per heavy atom. The Kier molecular flexibility index (Phi) is 6.15. The van der Waals surface area contributed by atoms with E-state index in [1.54, 1.807) is 12.4 Å². The van der Waals surface area contributed by atoms with E-state index in [4.69, 9.17) is 0 Å². The Balaban J connectivity index is 2.56. The van der Waals surface area contributed by atoms with E-state index in [2.05, 4.69) is 29.5 Å². The molecule has 0 fully saturated rings. The van der Waals surface area contributed by atoms with Crippen molar-refractivity contribution in [1.29, 1.82) is 0 Å². The number of carbonyl (C=O) groups is 1. The lowest BCUT2D eigenvalue weighted by Gasteiger charge is -2.30. The molecule has 3 N–H and O–H groups in total. The summed E-state index contributed by atoms with van der Waals surface area (Å²) in [5.41, 5.74) is 0.372. The van der Waals surface area contributed by atoms with Gasteiger partial charge in [0.25, 0.3) is 0 Å². The number of amides is 2. The number of aromatic nitrogens is 1. The molecule has 0 aromatic carbocycles. The molecule has 1 atom stereocenters. The lowest BCUT2D eigenvalue weighted by molar-refractivity contribution is 0.162. The molecule has 5 nitrogen and oxygen atoms in total. The van der Waals surface area contributed by atoms with Crippen LogP contribution in [0.25, 0.3) is 0 Å². The average molecular weight is 293 g/mol. The van der Waals surface area contributed by atoms with Gasteiger partial charge in [-0.3, -0.25) is 4.98 Å². The molecule has 0 aliphatic carbocycles. The summed E-state index contributed by atoms with van der Waals surface area (Å²) >= 11 is 0. The summed E-state index contributed by atoms with van der Waals surface area (Å²) in [7, 11) is 0. The molecule has 1 aromatic heterocycles. The van der Waals surface area contributed by atoms with Gasteiger partial charge in [0.05, 0.1) is 12.1 Å². The molecule has 21 heavy (non-hydrogen) atoms. The molecule has 0 radical (unpaired) electrons. The largest absolute Gasteiger partial charge is 0.394 e. The van der Waals surface area contributed by atoms with Crippen molar-refractivity contribution in [2.24, 2.45) is 0 Å². The third-order valence-corrected chi connectivity index (χ3v) is 3.72. The van der Waals surface area contributed by atoms with Gasteiger partial charge in [-0.2, -0.15) is 0 Å². The number of hydrogen-bond donors (Lipinski definition) is 3. The molecule has 5 heteroatoms. The average Bonchev–Trinajstić information content (AvgIpc) is 2.46. The third-order valence-electron chi connectivity index (χ3n) is 3.72.